The predicted octanol–water partition coefficient (Wildman–Crippen LogP) is 0.524. The molecule has 0 unspecified atom stereocenters. The normalized spacial score (nSPS) is 12.1. The van der Waals surface area contributed by atoms with Gasteiger partial charge in [-0.25, -0.2) is 8.42 Å². The average Bonchev–Trinajstić information content (AvgIpc) is 2.38. The van der Waals surface area contributed by atoms with Gasteiger partial charge in [0.1, 0.15) is 0 Å². The first kappa shape index (κ1) is 14.4. The van der Waals surface area contributed by atoms with E-state index < -0.39 is 25.0 Å². The van der Waals surface area contributed by atoms with Gasteiger partial charge in [0.25, 0.3) is 20.1 Å². The number of nitrogens with one attached hydrogen (secondary N) is 1. The number of hydrogen-bond acceptors (Lipinski definition) is 6. The molecule has 10 heteroatoms. The van der Waals surface area contributed by atoms with Crippen molar-refractivity contribution in [2.75, 3.05) is 4.72 Å². The van der Waals surface area contributed by atoms with Crippen LogP contribution in [-0.2, 0) is 20.1 Å². The van der Waals surface area contributed by atoms with Gasteiger partial charge in [0.2, 0.25) is 0 Å². The van der Waals surface area contributed by atoms with Crippen molar-refractivity contribution in [1.29, 1.82) is 0 Å². The Morgan fingerprint density at radius 2 is 1.70 bits per heavy atom. The molecule has 0 radical (unpaired) electrons. The molecule has 1 heterocycles. The van der Waals surface area contributed by atoms with Crippen LogP contribution in [0, 0.1) is 0 Å². The van der Waals surface area contributed by atoms with Crippen molar-refractivity contribution >= 4 is 26.0 Å². The third-order valence-electron chi connectivity index (χ3n) is 2.22. The highest BCUT2D eigenvalue weighted by atomic mass is 32.2. The van der Waals surface area contributed by atoms with Crippen LogP contribution in [0.1, 0.15) is 0 Å². The first-order valence-corrected chi connectivity index (χ1v) is 8.09. The van der Waals surface area contributed by atoms with E-state index in [1.165, 1.54) is 30.5 Å². The molecule has 2 N–H and O–H groups in total. The molecule has 0 amide bonds. The van der Waals surface area contributed by atoms with E-state index in [-0.39, 0.29) is 10.7 Å². The summed E-state index contributed by atoms with van der Waals surface area (Å²) in [5.41, 5.74) is 0. The summed E-state index contributed by atoms with van der Waals surface area (Å²) in [5, 5.41) is 7.06. The van der Waals surface area contributed by atoms with Gasteiger partial charge in [-0.3, -0.25) is 9.27 Å². The fourth-order valence-corrected chi connectivity index (χ4v) is 3.00. The van der Waals surface area contributed by atoms with Gasteiger partial charge in [-0.1, -0.05) is 6.07 Å². The van der Waals surface area contributed by atoms with Crippen LogP contribution in [0.4, 0.5) is 5.82 Å². The summed E-state index contributed by atoms with van der Waals surface area (Å²) in [7, 11) is -8.50. The third kappa shape index (κ3) is 3.29. The summed E-state index contributed by atoms with van der Waals surface area (Å²) < 4.78 is 57.1. The zero-order chi connectivity index (χ0) is 14.8. The number of rotatable bonds is 4. The zero-order valence-corrected chi connectivity index (χ0v) is 11.5. The van der Waals surface area contributed by atoms with E-state index in [4.69, 9.17) is 4.55 Å². The van der Waals surface area contributed by atoms with Gasteiger partial charge in [-0.15, -0.1) is 5.10 Å². The SMILES string of the molecule is O=S(=O)(O)c1cccc(S(=O)(=O)Nc2cccnn2)c1. The molecule has 0 aliphatic carbocycles. The molecule has 0 atom stereocenters. The van der Waals surface area contributed by atoms with Crippen LogP contribution in [0.3, 0.4) is 0 Å². The van der Waals surface area contributed by atoms with Crippen LogP contribution < -0.4 is 4.72 Å². The minimum atomic E-state index is -4.48. The standard InChI is InChI=1S/C10H9N3O5S2/c14-19(15,13-10-5-2-6-11-12-10)8-3-1-4-9(7-8)20(16,17)18/h1-7H,(H,12,13)(H,16,17,18). The Balaban J connectivity index is 2.40. The lowest BCUT2D eigenvalue weighted by Crippen LogP contribution is -2.14. The Labute approximate surface area is 115 Å². The minimum absolute atomic E-state index is 0.00948. The lowest BCUT2D eigenvalue weighted by atomic mass is 10.4. The second kappa shape index (κ2) is 5.15. The quantitative estimate of drug-likeness (QED) is 0.788. The van der Waals surface area contributed by atoms with Crippen molar-refractivity contribution in [3.05, 3.63) is 42.6 Å². The van der Waals surface area contributed by atoms with Gasteiger partial charge in [-0.2, -0.15) is 13.5 Å². The molecule has 1 aromatic carbocycles. The third-order valence-corrected chi connectivity index (χ3v) is 4.43. The number of nitrogens with zero attached hydrogens (tertiary/aromatic N) is 2. The number of aromatic nitrogens is 2. The van der Waals surface area contributed by atoms with Crippen LogP contribution in [0.2, 0.25) is 0 Å². The highest BCUT2D eigenvalue weighted by Gasteiger charge is 2.18. The van der Waals surface area contributed by atoms with Crippen LogP contribution in [-0.4, -0.2) is 31.6 Å². The number of hydrogen-bond donors (Lipinski definition) is 2. The van der Waals surface area contributed by atoms with Gasteiger partial charge in [0, 0.05) is 6.20 Å². The molecular weight excluding hydrogens is 306 g/mol. The molecule has 20 heavy (non-hydrogen) atoms. The maximum absolute atomic E-state index is 12.0. The Morgan fingerprint density at radius 1 is 1.00 bits per heavy atom. The Hall–Kier alpha value is -2.04. The molecule has 0 aliphatic rings. The topological polar surface area (TPSA) is 126 Å². The van der Waals surface area contributed by atoms with Gasteiger partial charge in [0.05, 0.1) is 9.79 Å². The Kier molecular flexibility index (Phi) is 3.70. The largest absolute Gasteiger partial charge is 0.294 e. The molecule has 2 rings (SSSR count). The van der Waals surface area contributed by atoms with Crippen molar-refractivity contribution in [3.8, 4) is 0 Å². The van der Waals surface area contributed by atoms with E-state index in [2.05, 4.69) is 14.9 Å². The van der Waals surface area contributed by atoms with E-state index in [1.807, 2.05) is 0 Å². The van der Waals surface area contributed by atoms with Crippen molar-refractivity contribution in [2.45, 2.75) is 9.79 Å². The predicted molar refractivity (Wildman–Crippen MR) is 69.1 cm³/mol. The van der Waals surface area contributed by atoms with Crippen LogP contribution in [0.15, 0.2) is 52.4 Å². The van der Waals surface area contributed by atoms with Gasteiger partial charge < -0.3 is 0 Å². The summed E-state index contributed by atoms with van der Waals surface area (Å²) in [5.74, 6) is -0.00948. The maximum atomic E-state index is 12.0. The van der Waals surface area contributed by atoms with Gasteiger partial charge >= 0.3 is 0 Å². The second-order valence-electron chi connectivity index (χ2n) is 3.66. The average molecular weight is 315 g/mol. The van der Waals surface area contributed by atoms with Crippen LogP contribution in [0.25, 0.3) is 0 Å². The zero-order valence-electron chi connectivity index (χ0n) is 9.83. The first-order valence-electron chi connectivity index (χ1n) is 5.17. The van der Waals surface area contributed by atoms with Crippen molar-refractivity contribution in [3.63, 3.8) is 0 Å². The Morgan fingerprint density at radius 3 is 2.30 bits per heavy atom. The smallest absolute Gasteiger partial charge is 0.282 e. The molecule has 0 saturated heterocycles. The highest BCUT2D eigenvalue weighted by Crippen LogP contribution is 2.17. The number of sulfonamides is 1. The summed E-state index contributed by atoms with van der Waals surface area (Å²) in [6.45, 7) is 0. The van der Waals surface area contributed by atoms with Crippen molar-refractivity contribution < 1.29 is 21.4 Å². The lowest BCUT2D eigenvalue weighted by molar-refractivity contribution is 0.483. The fraction of sp³-hybridized carbons (Fsp3) is 0. The molecule has 0 aliphatic heterocycles. The second-order valence-corrected chi connectivity index (χ2v) is 6.77. The molecule has 1 aromatic heterocycles. The highest BCUT2D eigenvalue weighted by molar-refractivity contribution is 7.92. The monoisotopic (exact) mass is 315 g/mol. The van der Waals surface area contributed by atoms with Crippen LogP contribution in [0.5, 0.6) is 0 Å². The first-order chi connectivity index (χ1) is 9.29. The van der Waals surface area contributed by atoms with E-state index >= 15 is 0 Å². The molecule has 0 fully saturated rings. The molecular formula is C10H9N3O5S2. The van der Waals surface area contributed by atoms with Crippen LogP contribution >= 0.6 is 0 Å². The fourth-order valence-electron chi connectivity index (χ4n) is 1.35. The Bertz CT molecular complexity index is 819. The molecule has 2 aromatic rings. The van der Waals surface area contributed by atoms with Crippen molar-refractivity contribution in [1.82, 2.24) is 10.2 Å². The molecule has 0 bridgehead atoms. The van der Waals surface area contributed by atoms with E-state index in [9.17, 15) is 16.8 Å². The molecule has 0 saturated carbocycles. The van der Waals surface area contributed by atoms with Gasteiger partial charge in [0.15, 0.2) is 5.82 Å². The summed E-state index contributed by atoms with van der Waals surface area (Å²) in [6, 6.07) is 7.18. The lowest BCUT2D eigenvalue weighted by Gasteiger charge is -2.07. The summed E-state index contributed by atoms with van der Waals surface area (Å²) in [6.07, 6.45) is 1.37. The molecule has 0 spiro atoms. The number of anilines is 1. The maximum Gasteiger partial charge on any atom is 0.294 e. The summed E-state index contributed by atoms with van der Waals surface area (Å²) >= 11 is 0. The van der Waals surface area contributed by atoms with E-state index in [1.54, 1.807) is 0 Å². The minimum Gasteiger partial charge on any atom is -0.282 e. The van der Waals surface area contributed by atoms with Gasteiger partial charge in [-0.05, 0) is 30.3 Å². The number of benzene rings is 1. The van der Waals surface area contributed by atoms with Crippen molar-refractivity contribution in [2.24, 2.45) is 0 Å². The van der Waals surface area contributed by atoms with E-state index in [0.717, 1.165) is 12.1 Å². The summed E-state index contributed by atoms with van der Waals surface area (Å²) in [4.78, 5) is -0.835. The molecule has 8 nitrogen and oxygen atoms in total. The van der Waals surface area contributed by atoms with E-state index in [0.29, 0.717) is 0 Å². The molecule has 106 valence electrons.